The molecule has 0 aliphatic carbocycles. The van der Waals surface area contributed by atoms with Gasteiger partial charge in [0.1, 0.15) is 12.4 Å². The molecule has 0 aliphatic heterocycles. The van der Waals surface area contributed by atoms with E-state index >= 15 is 0 Å². The molecule has 0 aliphatic rings. The topological polar surface area (TPSA) is 78.4 Å². The molecule has 2 N–H and O–H groups in total. The first-order chi connectivity index (χ1) is 7.86. The van der Waals surface area contributed by atoms with Gasteiger partial charge in [0.05, 0.1) is 10.5 Å². The molecule has 0 amide bonds. The van der Waals surface area contributed by atoms with Gasteiger partial charge in [0.25, 0.3) is 11.6 Å². The second-order valence-corrected chi connectivity index (χ2v) is 3.46. The molecule has 0 unspecified atom stereocenters. The fourth-order valence-electron chi connectivity index (χ4n) is 1.27. The lowest BCUT2D eigenvalue weighted by atomic mass is 10.1. The Hall–Kier alpha value is -1.76. The van der Waals surface area contributed by atoms with Gasteiger partial charge in [0.15, 0.2) is 0 Å². The molecule has 1 aromatic rings. The van der Waals surface area contributed by atoms with Crippen molar-refractivity contribution in [3.8, 4) is 5.75 Å². The predicted molar refractivity (Wildman–Crippen MR) is 57.2 cm³/mol. The van der Waals surface area contributed by atoms with Gasteiger partial charge in [-0.05, 0) is 6.07 Å². The minimum Gasteiger partial charge on any atom is -0.492 e. The van der Waals surface area contributed by atoms with Crippen LogP contribution in [-0.2, 0) is 5.92 Å². The minimum absolute atomic E-state index is 0.0703. The van der Waals surface area contributed by atoms with Crippen LogP contribution in [0.4, 0.5) is 14.5 Å². The van der Waals surface area contributed by atoms with Crippen LogP contribution in [0.5, 0.6) is 5.75 Å². The highest BCUT2D eigenvalue weighted by Gasteiger charge is 2.30. The molecule has 0 fully saturated rings. The molecule has 0 radical (unpaired) electrons. The minimum atomic E-state index is -3.21. The van der Waals surface area contributed by atoms with Crippen LogP contribution in [0, 0.1) is 10.1 Å². The SMILES string of the molecule is CC(F)(F)c1cc([N+](=O)[O-])ccc1OCCN. The van der Waals surface area contributed by atoms with Crippen LogP contribution in [0.15, 0.2) is 18.2 Å². The summed E-state index contributed by atoms with van der Waals surface area (Å²) in [7, 11) is 0. The fourth-order valence-corrected chi connectivity index (χ4v) is 1.27. The van der Waals surface area contributed by atoms with Gasteiger partial charge < -0.3 is 10.5 Å². The van der Waals surface area contributed by atoms with Gasteiger partial charge in [-0.3, -0.25) is 10.1 Å². The molecule has 0 aromatic heterocycles. The van der Waals surface area contributed by atoms with Crippen molar-refractivity contribution in [2.75, 3.05) is 13.2 Å². The number of nitro groups is 1. The Kier molecular flexibility index (Phi) is 3.95. The van der Waals surface area contributed by atoms with Crippen molar-refractivity contribution in [2.45, 2.75) is 12.8 Å². The van der Waals surface area contributed by atoms with Crippen molar-refractivity contribution >= 4 is 5.69 Å². The van der Waals surface area contributed by atoms with E-state index in [-0.39, 0.29) is 18.9 Å². The van der Waals surface area contributed by atoms with Crippen LogP contribution in [0.3, 0.4) is 0 Å². The number of halogens is 2. The van der Waals surface area contributed by atoms with Crippen LogP contribution >= 0.6 is 0 Å². The van der Waals surface area contributed by atoms with Crippen molar-refractivity contribution in [3.05, 3.63) is 33.9 Å². The number of nitrogens with zero attached hydrogens (tertiary/aromatic N) is 1. The van der Waals surface area contributed by atoms with E-state index in [0.29, 0.717) is 6.92 Å². The predicted octanol–water partition coefficient (Wildman–Crippen LogP) is 2.04. The Morgan fingerprint density at radius 3 is 2.65 bits per heavy atom. The summed E-state index contributed by atoms with van der Waals surface area (Å²) in [5, 5.41) is 10.5. The molecule has 17 heavy (non-hydrogen) atoms. The van der Waals surface area contributed by atoms with Crippen LogP contribution in [0.2, 0.25) is 0 Å². The van der Waals surface area contributed by atoms with E-state index in [1.165, 1.54) is 0 Å². The maximum absolute atomic E-state index is 13.3. The van der Waals surface area contributed by atoms with Gasteiger partial charge in [-0.1, -0.05) is 0 Å². The number of benzene rings is 1. The Morgan fingerprint density at radius 1 is 1.53 bits per heavy atom. The second-order valence-electron chi connectivity index (χ2n) is 3.46. The Morgan fingerprint density at radius 2 is 2.18 bits per heavy atom. The molecule has 94 valence electrons. The molecule has 0 bridgehead atoms. The highest BCUT2D eigenvalue weighted by molar-refractivity contribution is 5.45. The number of rotatable bonds is 5. The lowest BCUT2D eigenvalue weighted by Gasteiger charge is -2.15. The quantitative estimate of drug-likeness (QED) is 0.637. The molecule has 0 saturated heterocycles. The van der Waals surface area contributed by atoms with E-state index in [1.807, 2.05) is 0 Å². The van der Waals surface area contributed by atoms with Gasteiger partial charge in [0, 0.05) is 25.6 Å². The normalized spacial score (nSPS) is 11.3. The number of ether oxygens (including phenoxy) is 1. The lowest BCUT2D eigenvalue weighted by Crippen LogP contribution is -2.15. The third-order valence-corrected chi connectivity index (χ3v) is 2.02. The maximum atomic E-state index is 13.3. The van der Waals surface area contributed by atoms with Crippen molar-refractivity contribution in [1.29, 1.82) is 0 Å². The molecule has 7 heteroatoms. The van der Waals surface area contributed by atoms with E-state index in [1.54, 1.807) is 0 Å². The van der Waals surface area contributed by atoms with Gasteiger partial charge in [-0.25, -0.2) is 8.78 Å². The molecule has 0 saturated carbocycles. The summed E-state index contributed by atoms with van der Waals surface area (Å²) < 4.78 is 31.5. The third kappa shape index (κ3) is 3.35. The second kappa shape index (κ2) is 5.05. The first-order valence-electron chi connectivity index (χ1n) is 4.86. The van der Waals surface area contributed by atoms with Crippen LogP contribution in [-0.4, -0.2) is 18.1 Å². The van der Waals surface area contributed by atoms with Crippen molar-refractivity contribution in [1.82, 2.24) is 0 Å². The van der Waals surface area contributed by atoms with Gasteiger partial charge in [-0.2, -0.15) is 0 Å². The average Bonchev–Trinajstić information content (AvgIpc) is 2.24. The number of hydrogen-bond acceptors (Lipinski definition) is 4. The number of nitrogens with two attached hydrogens (primary N) is 1. The smallest absolute Gasteiger partial charge is 0.274 e. The Labute approximate surface area is 96.3 Å². The molecular formula is C10H12F2N2O3. The highest BCUT2D eigenvalue weighted by Crippen LogP contribution is 2.36. The molecule has 0 atom stereocenters. The van der Waals surface area contributed by atoms with Gasteiger partial charge >= 0.3 is 0 Å². The molecule has 0 spiro atoms. The van der Waals surface area contributed by atoms with Crippen molar-refractivity contribution in [2.24, 2.45) is 5.73 Å². The number of hydrogen-bond donors (Lipinski definition) is 1. The van der Waals surface area contributed by atoms with Crippen LogP contribution in [0.25, 0.3) is 0 Å². The highest BCUT2D eigenvalue weighted by atomic mass is 19.3. The van der Waals surface area contributed by atoms with Crippen LogP contribution in [0.1, 0.15) is 12.5 Å². The summed E-state index contributed by atoms with van der Waals surface area (Å²) in [6, 6.07) is 3.08. The Bertz CT molecular complexity index is 419. The summed E-state index contributed by atoms with van der Waals surface area (Å²) >= 11 is 0. The van der Waals surface area contributed by atoms with Gasteiger partial charge in [0.2, 0.25) is 0 Å². The first-order valence-corrected chi connectivity index (χ1v) is 4.86. The number of alkyl halides is 2. The van der Waals surface area contributed by atoms with E-state index < -0.39 is 22.1 Å². The first kappa shape index (κ1) is 13.3. The molecular weight excluding hydrogens is 234 g/mol. The standard InChI is InChI=1S/C10H12F2N2O3/c1-10(11,12)8-6-7(14(15)16)2-3-9(8)17-5-4-13/h2-3,6H,4-5,13H2,1H3. The summed E-state index contributed by atoms with van der Waals surface area (Å²) in [5.74, 6) is -3.30. The summed E-state index contributed by atoms with van der Waals surface area (Å²) in [6.07, 6.45) is 0. The van der Waals surface area contributed by atoms with Gasteiger partial charge in [-0.15, -0.1) is 0 Å². The lowest BCUT2D eigenvalue weighted by molar-refractivity contribution is -0.385. The monoisotopic (exact) mass is 246 g/mol. The van der Waals surface area contributed by atoms with Crippen molar-refractivity contribution in [3.63, 3.8) is 0 Å². The zero-order valence-electron chi connectivity index (χ0n) is 9.15. The van der Waals surface area contributed by atoms with Crippen molar-refractivity contribution < 1.29 is 18.4 Å². The largest absolute Gasteiger partial charge is 0.492 e. The Balaban J connectivity index is 3.17. The molecule has 1 rings (SSSR count). The molecule has 0 heterocycles. The number of nitro benzene ring substituents is 1. The van der Waals surface area contributed by atoms with E-state index in [0.717, 1.165) is 18.2 Å². The molecule has 5 nitrogen and oxygen atoms in total. The summed E-state index contributed by atoms with van der Waals surface area (Å²) in [4.78, 5) is 9.77. The third-order valence-electron chi connectivity index (χ3n) is 2.02. The van der Waals surface area contributed by atoms with E-state index in [4.69, 9.17) is 10.5 Å². The maximum Gasteiger partial charge on any atom is 0.274 e. The van der Waals surface area contributed by atoms with E-state index in [9.17, 15) is 18.9 Å². The molecule has 1 aromatic carbocycles. The van der Waals surface area contributed by atoms with E-state index in [2.05, 4.69) is 0 Å². The average molecular weight is 246 g/mol. The summed E-state index contributed by atoms with van der Waals surface area (Å²) in [5.41, 5.74) is 4.28. The zero-order chi connectivity index (χ0) is 13.1. The fraction of sp³-hybridized carbons (Fsp3) is 0.400. The number of non-ortho nitro benzene ring substituents is 1. The zero-order valence-corrected chi connectivity index (χ0v) is 9.15. The summed E-state index contributed by atoms with van der Waals surface area (Å²) in [6.45, 7) is 0.897. The van der Waals surface area contributed by atoms with Crippen LogP contribution < -0.4 is 10.5 Å².